The fourth-order valence-electron chi connectivity index (χ4n) is 2.80. The Morgan fingerprint density at radius 3 is 3.21 bits per heavy atom. The SMILES string of the molecule is c1nc(N2CCCC2c2ccsc2)c2[nH]cnc2n1. The van der Waals surface area contributed by atoms with Crippen LogP contribution in [0, 0.1) is 0 Å². The number of imidazole rings is 1. The van der Waals surface area contributed by atoms with Gasteiger partial charge in [0.15, 0.2) is 11.5 Å². The Bertz CT molecular complexity index is 690. The zero-order chi connectivity index (χ0) is 12.7. The van der Waals surface area contributed by atoms with E-state index >= 15 is 0 Å². The van der Waals surface area contributed by atoms with E-state index in [0.29, 0.717) is 6.04 Å². The highest BCUT2D eigenvalue weighted by molar-refractivity contribution is 7.08. The van der Waals surface area contributed by atoms with Gasteiger partial charge in [0.25, 0.3) is 0 Å². The van der Waals surface area contributed by atoms with Crippen LogP contribution in [0.2, 0.25) is 0 Å². The molecule has 1 atom stereocenters. The number of aromatic amines is 1. The molecule has 0 spiro atoms. The molecule has 1 aliphatic rings. The monoisotopic (exact) mass is 271 g/mol. The summed E-state index contributed by atoms with van der Waals surface area (Å²) in [7, 11) is 0. The Labute approximate surface area is 114 Å². The molecule has 6 heteroatoms. The first-order valence-corrected chi connectivity index (χ1v) is 7.30. The van der Waals surface area contributed by atoms with Crippen LogP contribution in [0.5, 0.6) is 0 Å². The van der Waals surface area contributed by atoms with Crippen LogP contribution in [0.25, 0.3) is 11.2 Å². The lowest BCUT2D eigenvalue weighted by atomic mass is 10.1. The minimum Gasteiger partial charge on any atom is -0.348 e. The van der Waals surface area contributed by atoms with Crippen molar-refractivity contribution < 1.29 is 0 Å². The largest absolute Gasteiger partial charge is 0.348 e. The smallest absolute Gasteiger partial charge is 0.182 e. The predicted molar refractivity (Wildman–Crippen MR) is 75.3 cm³/mol. The molecule has 3 aromatic heterocycles. The molecule has 0 saturated carbocycles. The van der Waals surface area contributed by atoms with Crippen molar-refractivity contribution in [2.45, 2.75) is 18.9 Å². The highest BCUT2D eigenvalue weighted by Crippen LogP contribution is 2.37. The summed E-state index contributed by atoms with van der Waals surface area (Å²) in [6.45, 7) is 1.03. The number of hydrogen-bond donors (Lipinski definition) is 1. The molecule has 96 valence electrons. The zero-order valence-electron chi connectivity index (χ0n) is 10.3. The van der Waals surface area contributed by atoms with E-state index in [2.05, 4.69) is 41.7 Å². The van der Waals surface area contributed by atoms with Crippen molar-refractivity contribution in [3.8, 4) is 0 Å². The average Bonchev–Trinajstić information content (AvgIpc) is 3.18. The second-order valence-electron chi connectivity index (χ2n) is 4.71. The first-order valence-electron chi connectivity index (χ1n) is 6.36. The number of nitrogens with one attached hydrogen (secondary N) is 1. The average molecular weight is 271 g/mol. The van der Waals surface area contributed by atoms with E-state index in [4.69, 9.17) is 0 Å². The Balaban J connectivity index is 1.81. The van der Waals surface area contributed by atoms with Gasteiger partial charge in [-0.25, -0.2) is 15.0 Å². The number of nitrogens with zero attached hydrogens (tertiary/aromatic N) is 4. The van der Waals surface area contributed by atoms with Crippen LogP contribution < -0.4 is 4.90 Å². The molecule has 0 aromatic carbocycles. The fourth-order valence-corrected chi connectivity index (χ4v) is 3.51. The lowest BCUT2D eigenvalue weighted by Crippen LogP contribution is -2.23. The quantitative estimate of drug-likeness (QED) is 0.778. The van der Waals surface area contributed by atoms with Crippen LogP contribution in [0.4, 0.5) is 5.82 Å². The Kier molecular flexibility index (Phi) is 2.48. The van der Waals surface area contributed by atoms with E-state index in [1.807, 2.05) is 0 Å². The van der Waals surface area contributed by atoms with Crippen molar-refractivity contribution in [3.05, 3.63) is 35.0 Å². The molecule has 1 unspecified atom stereocenters. The van der Waals surface area contributed by atoms with Crippen molar-refractivity contribution in [1.82, 2.24) is 19.9 Å². The van der Waals surface area contributed by atoms with Gasteiger partial charge in [-0.05, 0) is 35.2 Å². The van der Waals surface area contributed by atoms with Crippen LogP contribution in [0.3, 0.4) is 0 Å². The molecule has 1 N–H and O–H groups in total. The molecular formula is C13H13N5S. The van der Waals surface area contributed by atoms with E-state index < -0.39 is 0 Å². The number of aromatic nitrogens is 4. The molecule has 0 amide bonds. The summed E-state index contributed by atoms with van der Waals surface area (Å²) in [6, 6.07) is 2.63. The summed E-state index contributed by atoms with van der Waals surface area (Å²) in [5.74, 6) is 0.969. The first-order chi connectivity index (χ1) is 9.43. The van der Waals surface area contributed by atoms with Crippen molar-refractivity contribution in [2.24, 2.45) is 0 Å². The van der Waals surface area contributed by atoms with E-state index in [1.54, 1.807) is 24.0 Å². The van der Waals surface area contributed by atoms with E-state index in [9.17, 15) is 0 Å². The molecule has 0 bridgehead atoms. The Hall–Kier alpha value is -1.95. The van der Waals surface area contributed by atoms with Gasteiger partial charge in [-0.1, -0.05) is 0 Å². The van der Waals surface area contributed by atoms with Crippen LogP contribution in [0.15, 0.2) is 29.5 Å². The first kappa shape index (κ1) is 10.9. The highest BCUT2D eigenvalue weighted by atomic mass is 32.1. The van der Waals surface area contributed by atoms with Crippen molar-refractivity contribution in [1.29, 1.82) is 0 Å². The summed E-state index contributed by atoms with van der Waals surface area (Å²) in [4.78, 5) is 18.4. The summed E-state index contributed by atoms with van der Waals surface area (Å²) in [6.07, 6.45) is 5.65. The second-order valence-corrected chi connectivity index (χ2v) is 5.49. The molecular weight excluding hydrogens is 258 g/mol. The maximum absolute atomic E-state index is 4.47. The number of H-pyrrole nitrogens is 1. The van der Waals surface area contributed by atoms with E-state index in [-0.39, 0.29) is 0 Å². The van der Waals surface area contributed by atoms with Crippen molar-refractivity contribution >= 4 is 28.3 Å². The molecule has 4 rings (SSSR count). The van der Waals surface area contributed by atoms with Crippen LogP contribution in [0.1, 0.15) is 24.4 Å². The van der Waals surface area contributed by atoms with Crippen molar-refractivity contribution in [2.75, 3.05) is 11.4 Å². The third-order valence-corrected chi connectivity index (χ3v) is 4.36. The van der Waals surface area contributed by atoms with Gasteiger partial charge in [-0.15, -0.1) is 0 Å². The van der Waals surface area contributed by atoms with Gasteiger partial charge >= 0.3 is 0 Å². The summed E-state index contributed by atoms with van der Waals surface area (Å²) in [5, 5.41) is 4.37. The predicted octanol–water partition coefficient (Wildman–Crippen LogP) is 2.76. The molecule has 3 aromatic rings. The van der Waals surface area contributed by atoms with Gasteiger partial charge in [-0.2, -0.15) is 11.3 Å². The van der Waals surface area contributed by atoms with E-state index in [0.717, 1.165) is 23.5 Å². The van der Waals surface area contributed by atoms with Gasteiger partial charge in [0.2, 0.25) is 0 Å². The molecule has 1 fully saturated rings. The van der Waals surface area contributed by atoms with Gasteiger partial charge in [0, 0.05) is 6.54 Å². The lowest BCUT2D eigenvalue weighted by Gasteiger charge is -2.25. The maximum atomic E-state index is 4.47. The third-order valence-electron chi connectivity index (χ3n) is 3.66. The molecule has 1 aliphatic heterocycles. The van der Waals surface area contributed by atoms with E-state index in [1.165, 1.54) is 18.4 Å². The number of fused-ring (bicyclic) bond motifs is 1. The number of anilines is 1. The minimum absolute atomic E-state index is 0.424. The zero-order valence-corrected chi connectivity index (χ0v) is 11.1. The molecule has 0 aliphatic carbocycles. The Morgan fingerprint density at radius 2 is 2.32 bits per heavy atom. The maximum Gasteiger partial charge on any atom is 0.182 e. The molecule has 19 heavy (non-hydrogen) atoms. The minimum atomic E-state index is 0.424. The van der Waals surface area contributed by atoms with Crippen LogP contribution in [-0.4, -0.2) is 26.5 Å². The summed E-state index contributed by atoms with van der Waals surface area (Å²) >= 11 is 1.75. The summed E-state index contributed by atoms with van der Waals surface area (Å²) in [5.41, 5.74) is 3.05. The molecule has 0 radical (unpaired) electrons. The summed E-state index contributed by atoms with van der Waals surface area (Å²) < 4.78 is 0. The van der Waals surface area contributed by atoms with Gasteiger partial charge < -0.3 is 9.88 Å². The Morgan fingerprint density at radius 1 is 1.32 bits per heavy atom. The van der Waals surface area contributed by atoms with Gasteiger partial charge in [-0.3, -0.25) is 0 Å². The van der Waals surface area contributed by atoms with Crippen molar-refractivity contribution in [3.63, 3.8) is 0 Å². The topological polar surface area (TPSA) is 57.7 Å². The second kappa shape index (κ2) is 4.31. The molecule has 5 nitrogen and oxygen atoms in total. The third kappa shape index (κ3) is 1.71. The van der Waals surface area contributed by atoms with Crippen LogP contribution in [-0.2, 0) is 0 Å². The van der Waals surface area contributed by atoms with Gasteiger partial charge in [0.05, 0.1) is 12.4 Å². The fraction of sp³-hybridized carbons (Fsp3) is 0.308. The number of hydrogen-bond acceptors (Lipinski definition) is 5. The normalized spacial score (nSPS) is 19.4. The molecule has 1 saturated heterocycles. The molecule has 4 heterocycles. The number of thiophene rings is 1. The standard InChI is InChI=1S/C13H13N5S/c1-2-10(9-3-5-19-6-9)18(4-1)13-11-12(15-7-14-11)16-8-17-13/h3,5-8,10H,1-2,4H2,(H,14,15,16,17). The van der Waals surface area contributed by atoms with Crippen LogP contribution >= 0.6 is 11.3 Å². The highest BCUT2D eigenvalue weighted by Gasteiger charge is 2.29. The number of rotatable bonds is 2. The van der Waals surface area contributed by atoms with Gasteiger partial charge in [0.1, 0.15) is 11.8 Å². The lowest BCUT2D eigenvalue weighted by molar-refractivity contribution is 0.715.